The Morgan fingerprint density at radius 1 is 0.667 bits per heavy atom. The van der Waals surface area contributed by atoms with Gasteiger partial charge in [-0.3, -0.25) is 0 Å². The van der Waals surface area contributed by atoms with Crippen LogP contribution in [0.3, 0.4) is 0 Å². The van der Waals surface area contributed by atoms with Gasteiger partial charge in [0.05, 0.1) is 0 Å². The lowest BCUT2D eigenvalue weighted by molar-refractivity contribution is 0.00728. The van der Waals surface area contributed by atoms with E-state index < -0.39 is 0 Å². The molecule has 3 aromatic carbocycles. The molecule has 188 valence electrons. The van der Waals surface area contributed by atoms with E-state index in [-0.39, 0.29) is 11.1 Å². The second-order valence-corrected chi connectivity index (χ2v) is 11.6. The Labute approximate surface area is 219 Å². The highest BCUT2D eigenvalue weighted by Crippen LogP contribution is 2.46. The van der Waals surface area contributed by atoms with Crippen LogP contribution in [0, 0.1) is 0 Å². The zero-order chi connectivity index (χ0) is 25.8. The molecule has 0 unspecified atom stereocenters. The van der Waals surface area contributed by atoms with Crippen molar-refractivity contribution in [3.05, 3.63) is 108 Å². The standard InChI is InChI=1S/C35H43N/c1-7-9-10-11-27-12-14-28(15-13-27)29-16-18-30(19-17-29)31-20-22-32(23-21-31)33-25-34(3,4)36(24-8-2)35(5,6)26-33/h7-9,12-24,33H,10-11,25-26H2,1-6H3/b9-7+,24-8+. The summed E-state index contributed by atoms with van der Waals surface area (Å²) in [6.07, 6.45) is 13.4. The van der Waals surface area contributed by atoms with E-state index in [1.54, 1.807) is 0 Å². The Morgan fingerprint density at radius 3 is 1.56 bits per heavy atom. The first-order chi connectivity index (χ1) is 17.2. The molecule has 0 atom stereocenters. The van der Waals surface area contributed by atoms with Gasteiger partial charge in [0.15, 0.2) is 0 Å². The summed E-state index contributed by atoms with van der Waals surface area (Å²) in [6.45, 7) is 13.7. The molecular weight excluding hydrogens is 434 g/mol. The van der Waals surface area contributed by atoms with Crippen LogP contribution in [-0.4, -0.2) is 16.0 Å². The van der Waals surface area contributed by atoms with E-state index in [1.807, 2.05) is 0 Å². The van der Waals surface area contributed by atoms with E-state index in [0.29, 0.717) is 5.92 Å². The molecule has 0 saturated carbocycles. The number of hydrogen-bond acceptors (Lipinski definition) is 1. The number of nitrogens with zero attached hydrogens (tertiary/aromatic N) is 1. The number of piperidine rings is 1. The van der Waals surface area contributed by atoms with Crippen LogP contribution in [0.15, 0.2) is 97.2 Å². The lowest BCUT2D eigenvalue weighted by Gasteiger charge is -2.55. The van der Waals surface area contributed by atoms with E-state index in [9.17, 15) is 0 Å². The molecule has 0 aromatic heterocycles. The number of allylic oxidation sites excluding steroid dienone is 3. The summed E-state index contributed by atoms with van der Waals surface area (Å²) < 4.78 is 0. The fourth-order valence-corrected chi connectivity index (χ4v) is 6.17. The summed E-state index contributed by atoms with van der Waals surface area (Å²) >= 11 is 0. The average Bonchev–Trinajstić information content (AvgIpc) is 2.87. The zero-order valence-corrected chi connectivity index (χ0v) is 23.1. The van der Waals surface area contributed by atoms with Crippen LogP contribution in [0.2, 0.25) is 0 Å². The van der Waals surface area contributed by atoms with Gasteiger partial charge < -0.3 is 4.90 Å². The molecule has 0 N–H and O–H groups in total. The quantitative estimate of drug-likeness (QED) is 0.306. The minimum Gasteiger partial charge on any atom is -0.368 e. The molecular formula is C35H43N. The van der Waals surface area contributed by atoms with Crippen LogP contribution in [0.1, 0.15) is 77.8 Å². The molecule has 4 rings (SSSR count). The predicted octanol–water partition coefficient (Wildman–Crippen LogP) is 9.80. The lowest BCUT2D eigenvalue weighted by atomic mass is 9.71. The van der Waals surface area contributed by atoms with Crippen LogP contribution in [0.4, 0.5) is 0 Å². The first-order valence-corrected chi connectivity index (χ1v) is 13.6. The average molecular weight is 478 g/mol. The van der Waals surface area contributed by atoms with Crippen LogP contribution in [-0.2, 0) is 6.42 Å². The van der Waals surface area contributed by atoms with Crippen molar-refractivity contribution >= 4 is 0 Å². The van der Waals surface area contributed by atoms with E-state index in [2.05, 4.69) is 144 Å². The van der Waals surface area contributed by atoms with Gasteiger partial charge in [0, 0.05) is 11.1 Å². The molecule has 0 bridgehead atoms. The summed E-state index contributed by atoms with van der Waals surface area (Å²) in [5.41, 5.74) is 8.25. The first-order valence-electron chi connectivity index (χ1n) is 13.6. The molecule has 1 saturated heterocycles. The second kappa shape index (κ2) is 10.9. The maximum Gasteiger partial charge on any atom is 0.0351 e. The maximum absolute atomic E-state index is 2.56. The summed E-state index contributed by atoms with van der Waals surface area (Å²) in [6, 6.07) is 27.4. The number of rotatable bonds is 7. The van der Waals surface area contributed by atoms with Gasteiger partial charge in [0.2, 0.25) is 0 Å². The molecule has 1 aliphatic rings. The van der Waals surface area contributed by atoms with E-state index >= 15 is 0 Å². The molecule has 1 nitrogen and oxygen atoms in total. The number of hydrogen-bond donors (Lipinski definition) is 0. The monoisotopic (exact) mass is 477 g/mol. The van der Waals surface area contributed by atoms with Crippen molar-refractivity contribution in [2.24, 2.45) is 0 Å². The molecule has 36 heavy (non-hydrogen) atoms. The van der Waals surface area contributed by atoms with Gasteiger partial charge >= 0.3 is 0 Å². The van der Waals surface area contributed by atoms with E-state index in [4.69, 9.17) is 0 Å². The summed E-state index contributed by atoms with van der Waals surface area (Å²) in [5, 5.41) is 0. The highest BCUT2D eigenvalue weighted by atomic mass is 15.2. The van der Waals surface area contributed by atoms with Crippen molar-refractivity contribution < 1.29 is 0 Å². The fraction of sp³-hybridized carbons (Fsp3) is 0.371. The van der Waals surface area contributed by atoms with Gasteiger partial charge in [-0.25, -0.2) is 0 Å². The van der Waals surface area contributed by atoms with Gasteiger partial charge in [-0.15, -0.1) is 0 Å². The number of likely N-dealkylation sites (tertiary alicyclic amines) is 1. The molecule has 0 spiro atoms. The van der Waals surface area contributed by atoms with E-state index in [0.717, 1.165) is 12.8 Å². The molecule has 0 aliphatic carbocycles. The minimum absolute atomic E-state index is 0.137. The molecule has 3 aromatic rings. The lowest BCUT2D eigenvalue weighted by Crippen LogP contribution is -2.57. The molecule has 0 radical (unpaired) electrons. The zero-order valence-electron chi connectivity index (χ0n) is 23.1. The summed E-state index contributed by atoms with van der Waals surface area (Å²) in [4.78, 5) is 2.56. The number of aryl methyl sites for hydroxylation is 1. The largest absolute Gasteiger partial charge is 0.368 e. The Morgan fingerprint density at radius 2 is 1.11 bits per heavy atom. The Balaban J connectivity index is 1.46. The topological polar surface area (TPSA) is 3.24 Å². The third-order valence-electron chi connectivity index (χ3n) is 7.82. The molecule has 0 amide bonds. The predicted molar refractivity (Wildman–Crippen MR) is 157 cm³/mol. The molecule has 1 heteroatoms. The van der Waals surface area contributed by atoms with Crippen molar-refractivity contribution in [3.63, 3.8) is 0 Å². The second-order valence-electron chi connectivity index (χ2n) is 11.6. The van der Waals surface area contributed by atoms with Gasteiger partial charge in [-0.2, -0.15) is 0 Å². The van der Waals surface area contributed by atoms with Gasteiger partial charge in [0.25, 0.3) is 0 Å². The number of benzene rings is 3. The minimum atomic E-state index is 0.137. The van der Waals surface area contributed by atoms with E-state index in [1.165, 1.54) is 46.2 Å². The molecule has 1 fully saturated rings. The van der Waals surface area contributed by atoms with Gasteiger partial charge in [-0.1, -0.05) is 91.0 Å². The fourth-order valence-electron chi connectivity index (χ4n) is 6.17. The van der Waals surface area contributed by atoms with Crippen molar-refractivity contribution in [2.75, 3.05) is 0 Å². The summed E-state index contributed by atoms with van der Waals surface area (Å²) in [5.74, 6) is 0.578. The normalized spacial score (nSPS) is 17.8. The molecule has 1 aliphatic heterocycles. The van der Waals surface area contributed by atoms with Crippen LogP contribution in [0.25, 0.3) is 22.3 Å². The van der Waals surface area contributed by atoms with Crippen LogP contribution >= 0.6 is 0 Å². The smallest absolute Gasteiger partial charge is 0.0351 e. The van der Waals surface area contributed by atoms with Crippen molar-refractivity contribution in [1.82, 2.24) is 4.90 Å². The molecule has 1 heterocycles. The van der Waals surface area contributed by atoms with Crippen molar-refractivity contribution in [3.8, 4) is 22.3 Å². The SMILES string of the molecule is C/C=C/CCc1ccc(-c2ccc(-c3ccc(C4CC(C)(C)N(/C=C/C)C(C)(C)C4)cc3)cc2)cc1. The van der Waals surface area contributed by atoms with Crippen molar-refractivity contribution in [2.45, 2.75) is 84.2 Å². The third-order valence-corrected chi connectivity index (χ3v) is 7.82. The third kappa shape index (κ3) is 5.84. The Bertz CT molecular complexity index is 1160. The Kier molecular flexibility index (Phi) is 7.88. The summed E-state index contributed by atoms with van der Waals surface area (Å²) in [7, 11) is 0. The highest BCUT2D eigenvalue weighted by molar-refractivity contribution is 5.70. The van der Waals surface area contributed by atoms with Crippen LogP contribution in [0.5, 0.6) is 0 Å². The van der Waals surface area contributed by atoms with Gasteiger partial charge in [0.1, 0.15) is 0 Å². The maximum atomic E-state index is 2.56. The van der Waals surface area contributed by atoms with Gasteiger partial charge in [-0.05, 0) is 113 Å². The van der Waals surface area contributed by atoms with Crippen molar-refractivity contribution in [1.29, 1.82) is 0 Å². The first kappa shape index (κ1) is 26.0. The van der Waals surface area contributed by atoms with Crippen LogP contribution < -0.4 is 0 Å². The Hall–Kier alpha value is -3.06. The highest BCUT2D eigenvalue weighted by Gasteiger charge is 2.43.